The SMILES string of the molecule is CCCC(OB(OC(CCC)C(=C(c1ccccc1)c1ccccc1)c1ccccc1)OC(CCC)C(=C(c1ccccc1)c1ccccc1)c1ccccc1)C(=C(c1ccccc1)c1ccccc1)c1ccccc1. The van der Waals surface area contributed by atoms with Gasteiger partial charge >= 0.3 is 7.32 Å². The number of hydrogen-bond acceptors (Lipinski definition) is 3. The van der Waals surface area contributed by atoms with Crippen molar-refractivity contribution in [3.05, 3.63) is 323 Å². The molecule has 0 heterocycles. The first kappa shape index (κ1) is 53.0. The van der Waals surface area contributed by atoms with Crippen molar-refractivity contribution in [1.82, 2.24) is 0 Å². The van der Waals surface area contributed by atoms with Crippen LogP contribution in [0.15, 0.2) is 273 Å². The van der Waals surface area contributed by atoms with Crippen molar-refractivity contribution in [2.45, 2.75) is 77.6 Å². The van der Waals surface area contributed by atoms with Gasteiger partial charge in [-0.05, 0) is 103 Å². The molecule has 0 saturated carbocycles. The zero-order valence-corrected chi connectivity index (χ0v) is 44.3. The highest BCUT2D eigenvalue weighted by Gasteiger charge is 2.38. The second kappa shape index (κ2) is 27.6. The van der Waals surface area contributed by atoms with Crippen molar-refractivity contribution in [3.63, 3.8) is 0 Å². The first-order valence-electron chi connectivity index (χ1n) is 27.3. The maximum Gasteiger partial charge on any atom is 0.640 e. The molecule has 0 amide bonds. The minimum Gasteiger partial charge on any atom is -0.379 e. The quantitative estimate of drug-likeness (QED) is 0.0446. The van der Waals surface area contributed by atoms with Crippen LogP contribution in [0.2, 0.25) is 0 Å². The van der Waals surface area contributed by atoms with Crippen LogP contribution >= 0.6 is 0 Å². The maximum absolute atomic E-state index is 7.89. The number of rotatable bonds is 24. The fourth-order valence-corrected chi connectivity index (χ4v) is 10.5. The minimum absolute atomic E-state index is 0.476. The van der Waals surface area contributed by atoms with Gasteiger partial charge in [0.15, 0.2) is 0 Å². The van der Waals surface area contributed by atoms with Gasteiger partial charge in [0.1, 0.15) is 0 Å². The van der Waals surface area contributed by atoms with Gasteiger partial charge in [-0.3, -0.25) is 0 Å². The molecule has 9 rings (SSSR count). The molecule has 0 fully saturated rings. The zero-order chi connectivity index (χ0) is 52.2. The summed E-state index contributed by atoms with van der Waals surface area (Å²) in [5.41, 5.74) is 16.5. The van der Waals surface area contributed by atoms with Gasteiger partial charge in [-0.15, -0.1) is 0 Å². The van der Waals surface area contributed by atoms with Crippen LogP contribution in [-0.4, -0.2) is 25.6 Å². The first-order valence-corrected chi connectivity index (χ1v) is 27.3. The summed E-state index contributed by atoms with van der Waals surface area (Å²) < 4.78 is 23.7. The van der Waals surface area contributed by atoms with Crippen molar-refractivity contribution in [2.75, 3.05) is 0 Å². The van der Waals surface area contributed by atoms with E-state index >= 15 is 0 Å². The highest BCUT2D eigenvalue weighted by molar-refractivity contribution is 6.37. The predicted octanol–water partition coefficient (Wildman–Crippen LogP) is 18.5. The maximum atomic E-state index is 7.89. The fraction of sp³-hybridized carbons (Fsp3) is 0.167. The van der Waals surface area contributed by atoms with E-state index in [0.717, 1.165) is 103 Å². The van der Waals surface area contributed by atoms with E-state index in [0.29, 0.717) is 19.3 Å². The third-order valence-corrected chi connectivity index (χ3v) is 13.9. The Hall–Kier alpha value is -7.86. The summed E-state index contributed by atoms with van der Waals surface area (Å²) in [6.45, 7) is 6.72. The van der Waals surface area contributed by atoms with Crippen LogP contribution in [0.25, 0.3) is 33.4 Å². The van der Waals surface area contributed by atoms with Crippen molar-refractivity contribution >= 4 is 40.8 Å². The average Bonchev–Trinajstić information content (AvgIpc) is 3.49. The molecule has 4 heteroatoms. The summed E-state index contributed by atoms with van der Waals surface area (Å²) in [5, 5.41) is 0. The second-order valence-corrected chi connectivity index (χ2v) is 19.2. The normalized spacial score (nSPS) is 12.2. The summed E-state index contributed by atoms with van der Waals surface area (Å²) in [5.74, 6) is 0. The Morgan fingerprint density at radius 3 is 0.566 bits per heavy atom. The van der Waals surface area contributed by atoms with Crippen LogP contribution in [0.4, 0.5) is 0 Å². The lowest BCUT2D eigenvalue weighted by Gasteiger charge is -2.34. The van der Waals surface area contributed by atoms with E-state index < -0.39 is 25.6 Å². The molecule has 76 heavy (non-hydrogen) atoms. The lowest BCUT2D eigenvalue weighted by atomic mass is 9.84. The number of benzene rings is 9. The van der Waals surface area contributed by atoms with Crippen LogP contribution in [-0.2, 0) is 14.0 Å². The summed E-state index contributed by atoms with van der Waals surface area (Å²) in [6.07, 6.45) is 3.24. The molecule has 0 N–H and O–H groups in total. The largest absolute Gasteiger partial charge is 0.640 e. The lowest BCUT2D eigenvalue weighted by Crippen LogP contribution is -2.40. The highest BCUT2D eigenvalue weighted by atomic mass is 16.7. The molecular weight excluding hydrogens is 924 g/mol. The van der Waals surface area contributed by atoms with Gasteiger partial charge in [-0.2, -0.15) is 0 Å². The Kier molecular flexibility index (Phi) is 19.3. The Morgan fingerprint density at radius 1 is 0.250 bits per heavy atom. The molecule has 3 nitrogen and oxygen atoms in total. The smallest absolute Gasteiger partial charge is 0.379 e. The van der Waals surface area contributed by atoms with E-state index in [1.54, 1.807) is 0 Å². The molecule has 0 aliphatic carbocycles. The van der Waals surface area contributed by atoms with Gasteiger partial charge in [0.05, 0.1) is 18.3 Å². The highest BCUT2D eigenvalue weighted by Crippen LogP contribution is 2.42. The van der Waals surface area contributed by atoms with E-state index in [4.69, 9.17) is 14.0 Å². The fourth-order valence-electron chi connectivity index (χ4n) is 10.5. The Morgan fingerprint density at radius 2 is 0.408 bits per heavy atom. The molecule has 0 spiro atoms. The third-order valence-electron chi connectivity index (χ3n) is 13.9. The van der Waals surface area contributed by atoms with E-state index in [1.807, 2.05) is 0 Å². The molecule has 9 aromatic rings. The molecule has 0 aromatic heterocycles. The Bertz CT molecular complexity index is 2740. The molecular formula is C72H69BO3. The standard InChI is InChI=1S/C72H69BO3/c1-4-34-64(70(61-49-28-13-29-50-61)67(55-37-16-7-17-38-55)56-39-18-8-19-40-56)74-73(75-65(35-5-2)71(62-51-30-14-31-52-62)68(57-41-20-9-21-42-57)58-43-22-10-23-44-58)76-66(36-6-3)72(63-53-32-15-33-54-63)69(59-45-24-11-25-46-59)60-47-26-12-27-48-60/h7-33,37-54,64-66H,4-6,34-36H2,1-3H3. The van der Waals surface area contributed by atoms with Crippen molar-refractivity contribution in [2.24, 2.45) is 0 Å². The molecule has 3 atom stereocenters. The molecule has 9 aromatic carbocycles. The monoisotopic (exact) mass is 993 g/mol. The summed E-state index contributed by atoms with van der Waals surface area (Å²) >= 11 is 0. The molecule has 378 valence electrons. The molecule has 0 aliphatic rings. The van der Waals surface area contributed by atoms with Gasteiger partial charge in [-0.1, -0.05) is 313 Å². The van der Waals surface area contributed by atoms with Crippen molar-refractivity contribution < 1.29 is 14.0 Å². The van der Waals surface area contributed by atoms with Crippen LogP contribution in [0, 0.1) is 0 Å². The Balaban J connectivity index is 1.32. The van der Waals surface area contributed by atoms with Gasteiger partial charge in [-0.25, -0.2) is 0 Å². The van der Waals surface area contributed by atoms with Gasteiger partial charge in [0.2, 0.25) is 0 Å². The third kappa shape index (κ3) is 13.3. The molecule has 0 aliphatic heterocycles. The van der Waals surface area contributed by atoms with Gasteiger partial charge < -0.3 is 14.0 Å². The van der Waals surface area contributed by atoms with Crippen molar-refractivity contribution in [1.29, 1.82) is 0 Å². The van der Waals surface area contributed by atoms with Crippen molar-refractivity contribution in [3.8, 4) is 0 Å². The van der Waals surface area contributed by atoms with E-state index in [1.165, 1.54) is 0 Å². The van der Waals surface area contributed by atoms with Gasteiger partial charge in [0.25, 0.3) is 0 Å². The van der Waals surface area contributed by atoms with Gasteiger partial charge in [0, 0.05) is 0 Å². The van der Waals surface area contributed by atoms with Crippen LogP contribution in [0.1, 0.15) is 109 Å². The van der Waals surface area contributed by atoms with E-state index in [-0.39, 0.29) is 0 Å². The molecule has 0 saturated heterocycles. The van der Waals surface area contributed by atoms with Crippen LogP contribution in [0.5, 0.6) is 0 Å². The van der Waals surface area contributed by atoms with E-state index in [9.17, 15) is 0 Å². The van der Waals surface area contributed by atoms with E-state index in [2.05, 4.69) is 294 Å². The summed E-state index contributed by atoms with van der Waals surface area (Å²) in [6, 6.07) is 96.9. The molecule has 0 radical (unpaired) electrons. The van der Waals surface area contributed by atoms with Crippen LogP contribution in [0.3, 0.4) is 0 Å². The topological polar surface area (TPSA) is 27.7 Å². The second-order valence-electron chi connectivity index (χ2n) is 19.2. The Labute approximate surface area is 453 Å². The average molecular weight is 993 g/mol. The number of hydrogen-bond donors (Lipinski definition) is 0. The van der Waals surface area contributed by atoms with Crippen LogP contribution < -0.4 is 0 Å². The summed E-state index contributed by atoms with van der Waals surface area (Å²) in [4.78, 5) is 0. The minimum atomic E-state index is -1.16. The predicted molar refractivity (Wildman–Crippen MR) is 321 cm³/mol. The summed E-state index contributed by atoms with van der Waals surface area (Å²) in [7, 11) is -1.16. The lowest BCUT2D eigenvalue weighted by molar-refractivity contribution is 0.0412. The first-order chi connectivity index (χ1) is 37.6. The molecule has 3 unspecified atom stereocenters. The zero-order valence-electron chi connectivity index (χ0n) is 44.3. The molecule has 0 bridgehead atoms.